The Balaban J connectivity index is 2.08. The lowest BCUT2D eigenvalue weighted by Crippen LogP contribution is -2.20. The molecule has 2 aromatic rings. The van der Waals surface area contributed by atoms with Gasteiger partial charge in [-0.15, -0.1) is 0 Å². The second kappa shape index (κ2) is 6.41. The molecule has 20 heavy (non-hydrogen) atoms. The van der Waals surface area contributed by atoms with Crippen molar-refractivity contribution in [3.8, 4) is 0 Å². The normalized spacial score (nSPS) is 12.9. The van der Waals surface area contributed by atoms with E-state index in [1.54, 1.807) is 18.2 Å². The molecule has 5 heteroatoms. The van der Waals surface area contributed by atoms with Crippen LogP contribution in [0.25, 0.3) is 0 Å². The van der Waals surface area contributed by atoms with Gasteiger partial charge in [0.2, 0.25) is 10.0 Å². The molecule has 0 heterocycles. The Kier molecular flexibility index (Phi) is 4.83. The molecule has 0 saturated carbocycles. The van der Waals surface area contributed by atoms with Crippen molar-refractivity contribution >= 4 is 31.6 Å². The third-order valence-corrected chi connectivity index (χ3v) is 4.91. The van der Waals surface area contributed by atoms with E-state index in [1.807, 2.05) is 43.3 Å². The fourth-order valence-corrected chi connectivity index (χ4v) is 3.80. The monoisotopic (exact) mass is 353 g/mol. The van der Waals surface area contributed by atoms with Gasteiger partial charge in [-0.2, -0.15) is 0 Å². The van der Waals surface area contributed by atoms with Crippen molar-refractivity contribution in [1.29, 1.82) is 0 Å². The van der Waals surface area contributed by atoms with Crippen molar-refractivity contribution in [2.45, 2.75) is 12.8 Å². The minimum absolute atomic E-state index is 0.0548. The minimum atomic E-state index is -3.37. The Labute approximate surface area is 128 Å². The Morgan fingerprint density at radius 1 is 1.10 bits per heavy atom. The van der Waals surface area contributed by atoms with Crippen LogP contribution in [-0.4, -0.2) is 14.2 Å². The van der Waals surface area contributed by atoms with Crippen LogP contribution in [0.15, 0.2) is 59.1 Å². The summed E-state index contributed by atoms with van der Waals surface area (Å²) in [4.78, 5) is 0. The zero-order valence-electron chi connectivity index (χ0n) is 11.1. The molecule has 106 valence electrons. The molecule has 0 aliphatic rings. The molecule has 1 atom stereocenters. The number of anilines is 1. The molecule has 1 N–H and O–H groups in total. The standard InChI is InChI=1S/C15H16BrNO2S/c1-12(13-6-3-2-4-7-13)11-20(18,19)17-15-9-5-8-14(16)10-15/h2-10,12,17H,11H2,1H3. The van der Waals surface area contributed by atoms with E-state index >= 15 is 0 Å². The molecule has 0 bridgehead atoms. The number of hydrogen-bond donors (Lipinski definition) is 1. The van der Waals surface area contributed by atoms with Gasteiger partial charge in [0.05, 0.1) is 5.75 Å². The van der Waals surface area contributed by atoms with Crippen LogP contribution in [0.4, 0.5) is 5.69 Å². The summed E-state index contributed by atoms with van der Waals surface area (Å²) in [6.07, 6.45) is 0. The molecular formula is C15H16BrNO2S. The smallest absolute Gasteiger partial charge is 0.233 e. The Bertz CT molecular complexity index is 671. The highest BCUT2D eigenvalue weighted by atomic mass is 79.9. The maximum absolute atomic E-state index is 12.2. The van der Waals surface area contributed by atoms with Crippen molar-refractivity contribution in [3.05, 3.63) is 64.6 Å². The molecule has 2 aromatic carbocycles. The van der Waals surface area contributed by atoms with Gasteiger partial charge < -0.3 is 0 Å². The van der Waals surface area contributed by atoms with Crippen LogP contribution in [0.2, 0.25) is 0 Å². The van der Waals surface area contributed by atoms with Crippen LogP contribution in [-0.2, 0) is 10.0 Å². The quantitative estimate of drug-likeness (QED) is 0.882. The van der Waals surface area contributed by atoms with Gasteiger partial charge in [-0.25, -0.2) is 8.42 Å². The van der Waals surface area contributed by atoms with Crippen molar-refractivity contribution in [2.75, 3.05) is 10.5 Å². The van der Waals surface area contributed by atoms with Gasteiger partial charge in [-0.05, 0) is 29.7 Å². The van der Waals surface area contributed by atoms with E-state index < -0.39 is 10.0 Å². The van der Waals surface area contributed by atoms with Crippen LogP contribution >= 0.6 is 15.9 Å². The molecule has 3 nitrogen and oxygen atoms in total. The lowest BCUT2D eigenvalue weighted by molar-refractivity contribution is 0.595. The summed E-state index contributed by atoms with van der Waals surface area (Å²) in [5, 5.41) is 0. The molecule has 1 unspecified atom stereocenters. The molecule has 0 aliphatic carbocycles. The summed E-state index contributed by atoms with van der Waals surface area (Å²) >= 11 is 3.32. The summed E-state index contributed by atoms with van der Waals surface area (Å²) in [6, 6.07) is 16.8. The van der Waals surface area contributed by atoms with Crippen LogP contribution in [0.3, 0.4) is 0 Å². The third kappa shape index (κ3) is 4.35. The van der Waals surface area contributed by atoms with E-state index in [9.17, 15) is 8.42 Å². The van der Waals surface area contributed by atoms with Crippen molar-refractivity contribution in [1.82, 2.24) is 0 Å². The summed E-state index contributed by atoms with van der Waals surface area (Å²) in [5.41, 5.74) is 1.59. The Morgan fingerprint density at radius 2 is 1.80 bits per heavy atom. The second-order valence-electron chi connectivity index (χ2n) is 4.71. The van der Waals surface area contributed by atoms with Crippen LogP contribution in [0.5, 0.6) is 0 Å². The summed E-state index contributed by atoms with van der Waals surface area (Å²) in [6.45, 7) is 1.91. The predicted molar refractivity (Wildman–Crippen MR) is 86.4 cm³/mol. The third-order valence-electron chi connectivity index (χ3n) is 2.94. The first kappa shape index (κ1) is 15.1. The summed E-state index contributed by atoms with van der Waals surface area (Å²) in [7, 11) is -3.37. The number of benzene rings is 2. The molecule has 0 fully saturated rings. The van der Waals surface area contributed by atoms with Gasteiger partial charge in [-0.3, -0.25) is 4.72 Å². The van der Waals surface area contributed by atoms with E-state index in [-0.39, 0.29) is 11.7 Å². The Morgan fingerprint density at radius 3 is 2.45 bits per heavy atom. The fourth-order valence-electron chi connectivity index (χ4n) is 1.98. The van der Waals surface area contributed by atoms with Gasteiger partial charge in [-0.1, -0.05) is 59.3 Å². The maximum Gasteiger partial charge on any atom is 0.233 e. The van der Waals surface area contributed by atoms with Gasteiger partial charge in [0.1, 0.15) is 0 Å². The fraction of sp³-hybridized carbons (Fsp3) is 0.200. The van der Waals surface area contributed by atoms with Crippen LogP contribution < -0.4 is 4.72 Å². The van der Waals surface area contributed by atoms with Crippen molar-refractivity contribution < 1.29 is 8.42 Å². The molecule has 0 radical (unpaired) electrons. The highest BCUT2D eigenvalue weighted by Crippen LogP contribution is 2.20. The molecule has 0 spiro atoms. The minimum Gasteiger partial charge on any atom is -0.283 e. The van der Waals surface area contributed by atoms with E-state index in [4.69, 9.17) is 0 Å². The molecule has 0 aliphatic heterocycles. The van der Waals surface area contributed by atoms with Gasteiger partial charge >= 0.3 is 0 Å². The molecule has 2 rings (SSSR count). The Hall–Kier alpha value is -1.33. The van der Waals surface area contributed by atoms with E-state index in [1.165, 1.54) is 0 Å². The van der Waals surface area contributed by atoms with E-state index in [0.717, 1.165) is 10.0 Å². The number of halogens is 1. The van der Waals surface area contributed by atoms with Crippen LogP contribution in [0, 0.1) is 0 Å². The van der Waals surface area contributed by atoms with Gasteiger partial charge in [0, 0.05) is 10.2 Å². The SMILES string of the molecule is CC(CS(=O)(=O)Nc1cccc(Br)c1)c1ccccc1. The van der Waals surface area contributed by atoms with Gasteiger partial charge in [0.15, 0.2) is 0 Å². The molecular weight excluding hydrogens is 338 g/mol. The molecule has 0 amide bonds. The lowest BCUT2D eigenvalue weighted by atomic mass is 10.0. The van der Waals surface area contributed by atoms with E-state index in [0.29, 0.717) is 5.69 Å². The lowest BCUT2D eigenvalue weighted by Gasteiger charge is -2.14. The number of nitrogens with one attached hydrogen (secondary N) is 1. The molecule has 0 saturated heterocycles. The average molecular weight is 354 g/mol. The largest absolute Gasteiger partial charge is 0.283 e. The number of hydrogen-bond acceptors (Lipinski definition) is 2. The first-order valence-corrected chi connectivity index (χ1v) is 8.72. The average Bonchev–Trinajstić information content (AvgIpc) is 2.38. The zero-order chi connectivity index (χ0) is 14.6. The summed E-state index contributed by atoms with van der Waals surface area (Å²) in [5.74, 6) is 0.00429. The maximum atomic E-state index is 12.2. The summed E-state index contributed by atoms with van der Waals surface area (Å²) < 4.78 is 27.8. The highest BCUT2D eigenvalue weighted by molar-refractivity contribution is 9.10. The first-order chi connectivity index (χ1) is 9.46. The number of sulfonamides is 1. The first-order valence-electron chi connectivity index (χ1n) is 6.27. The zero-order valence-corrected chi connectivity index (χ0v) is 13.5. The van der Waals surface area contributed by atoms with Crippen molar-refractivity contribution in [2.24, 2.45) is 0 Å². The topological polar surface area (TPSA) is 46.2 Å². The van der Waals surface area contributed by atoms with Gasteiger partial charge in [0.25, 0.3) is 0 Å². The second-order valence-corrected chi connectivity index (χ2v) is 7.39. The van der Waals surface area contributed by atoms with Crippen LogP contribution in [0.1, 0.15) is 18.4 Å². The number of rotatable bonds is 5. The highest BCUT2D eigenvalue weighted by Gasteiger charge is 2.17. The van der Waals surface area contributed by atoms with Crippen molar-refractivity contribution in [3.63, 3.8) is 0 Å². The van der Waals surface area contributed by atoms with E-state index in [2.05, 4.69) is 20.7 Å². The predicted octanol–water partition coefficient (Wildman–Crippen LogP) is 3.99. The molecule has 0 aromatic heterocycles.